The highest BCUT2D eigenvalue weighted by Crippen LogP contribution is 2.27. The van der Waals surface area contributed by atoms with Crippen molar-refractivity contribution in [3.8, 4) is 5.88 Å². The summed E-state index contributed by atoms with van der Waals surface area (Å²) >= 11 is 0. The maximum Gasteiger partial charge on any atom is 0.226 e. The quantitative estimate of drug-likeness (QED) is 0.841. The van der Waals surface area contributed by atoms with E-state index in [0.717, 1.165) is 18.2 Å². The van der Waals surface area contributed by atoms with Crippen molar-refractivity contribution in [2.45, 2.75) is 46.0 Å². The normalized spacial score (nSPS) is 15.9. The van der Waals surface area contributed by atoms with E-state index in [0.29, 0.717) is 18.4 Å². The van der Waals surface area contributed by atoms with E-state index in [-0.39, 0.29) is 0 Å². The lowest BCUT2D eigenvalue weighted by atomic mass is 10.0. The van der Waals surface area contributed by atoms with Crippen LogP contribution in [0.25, 0.3) is 0 Å². The van der Waals surface area contributed by atoms with Crippen LogP contribution in [0.4, 0.5) is 5.95 Å². The van der Waals surface area contributed by atoms with Gasteiger partial charge in [0.1, 0.15) is 0 Å². The fourth-order valence-electron chi connectivity index (χ4n) is 2.53. The van der Waals surface area contributed by atoms with E-state index in [9.17, 15) is 0 Å². The second-order valence-corrected chi connectivity index (χ2v) is 4.97. The molecule has 0 amide bonds. The third-order valence-electron chi connectivity index (χ3n) is 3.43. The summed E-state index contributed by atoms with van der Waals surface area (Å²) in [4.78, 5) is 8.72. The predicted octanol–water partition coefficient (Wildman–Crippen LogP) is 3.18. The van der Waals surface area contributed by atoms with Crippen molar-refractivity contribution in [1.29, 1.82) is 0 Å². The second-order valence-electron chi connectivity index (χ2n) is 4.97. The number of aryl methyl sites for hydroxylation is 1. The average molecular weight is 249 g/mol. The molecule has 1 saturated carbocycles. The average Bonchev–Trinajstić information content (AvgIpc) is 2.82. The first kappa shape index (κ1) is 13.1. The van der Waals surface area contributed by atoms with Gasteiger partial charge in [0.05, 0.1) is 6.61 Å². The Morgan fingerprint density at radius 2 is 2.11 bits per heavy atom. The van der Waals surface area contributed by atoms with Gasteiger partial charge in [0.25, 0.3) is 0 Å². The van der Waals surface area contributed by atoms with Gasteiger partial charge in [-0.05, 0) is 26.2 Å². The summed E-state index contributed by atoms with van der Waals surface area (Å²) in [6, 6.07) is 1.87. The fourth-order valence-corrected chi connectivity index (χ4v) is 2.53. The van der Waals surface area contributed by atoms with Gasteiger partial charge in [0.15, 0.2) is 0 Å². The van der Waals surface area contributed by atoms with E-state index in [1.807, 2.05) is 19.9 Å². The summed E-state index contributed by atoms with van der Waals surface area (Å²) in [6.07, 6.45) is 6.81. The molecule has 100 valence electrons. The zero-order valence-corrected chi connectivity index (χ0v) is 11.4. The Bertz CT molecular complexity index is 375. The van der Waals surface area contributed by atoms with Crippen molar-refractivity contribution in [3.05, 3.63) is 11.8 Å². The summed E-state index contributed by atoms with van der Waals surface area (Å²) in [6.45, 7) is 5.52. The summed E-state index contributed by atoms with van der Waals surface area (Å²) < 4.78 is 5.42. The summed E-state index contributed by atoms with van der Waals surface area (Å²) in [7, 11) is 0. The SMILES string of the molecule is CCOc1cc(C)nc(NCCC2CCCC2)n1. The first-order chi connectivity index (χ1) is 8.78. The second kappa shape index (κ2) is 6.57. The van der Waals surface area contributed by atoms with Crippen LogP contribution in [0.5, 0.6) is 5.88 Å². The van der Waals surface area contributed by atoms with Gasteiger partial charge in [-0.25, -0.2) is 4.98 Å². The van der Waals surface area contributed by atoms with Crippen LogP contribution in [0, 0.1) is 12.8 Å². The molecule has 0 saturated heterocycles. The molecule has 1 N–H and O–H groups in total. The fraction of sp³-hybridized carbons (Fsp3) is 0.714. The summed E-state index contributed by atoms with van der Waals surface area (Å²) in [5.74, 6) is 2.25. The molecule has 1 aromatic rings. The lowest BCUT2D eigenvalue weighted by molar-refractivity contribution is 0.326. The standard InChI is InChI=1S/C14H23N3O/c1-3-18-13-10-11(2)16-14(17-13)15-9-8-12-6-4-5-7-12/h10,12H,3-9H2,1-2H3,(H,15,16,17). The predicted molar refractivity (Wildman–Crippen MR) is 73.0 cm³/mol. The number of ether oxygens (including phenoxy) is 1. The molecule has 4 nitrogen and oxygen atoms in total. The zero-order chi connectivity index (χ0) is 12.8. The number of hydrogen-bond acceptors (Lipinski definition) is 4. The molecule has 1 aliphatic rings. The summed E-state index contributed by atoms with van der Waals surface area (Å²) in [5.41, 5.74) is 0.941. The lowest BCUT2D eigenvalue weighted by Gasteiger charge is -2.11. The molecule has 4 heteroatoms. The number of hydrogen-bond donors (Lipinski definition) is 1. The van der Waals surface area contributed by atoms with Gasteiger partial charge < -0.3 is 10.1 Å². The molecule has 0 spiro atoms. The molecule has 0 radical (unpaired) electrons. The molecule has 1 heterocycles. The molecular weight excluding hydrogens is 226 g/mol. The van der Waals surface area contributed by atoms with Crippen molar-refractivity contribution in [1.82, 2.24) is 9.97 Å². The Labute approximate surface area is 109 Å². The largest absolute Gasteiger partial charge is 0.478 e. The number of rotatable bonds is 6. The van der Waals surface area contributed by atoms with Gasteiger partial charge in [0, 0.05) is 18.3 Å². The maximum absolute atomic E-state index is 5.42. The van der Waals surface area contributed by atoms with Crippen LogP contribution >= 0.6 is 0 Å². The minimum atomic E-state index is 0.637. The van der Waals surface area contributed by atoms with Crippen molar-refractivity contribution >= 4 is 5.95 Å². The smallest absolute Gasteiger partial charge is 0.226 e. The van der Waals surface area contributed by atoms with Gasteiger partial charge in [0.2, 0.25) is 11.8 Å². The van der Waals surface area contributed by atoms with Crippen molar-refractivity contribution in [3.63, 3.8) is 0 Å². The molecule has 1 fully saturated rings. The van der Waals surface area contributed by atoms with Crippen LogP contribution in [0.1, 0.15) is 44.7 Å². The Morgan fingerprint density at radius 3 is 2.83 bits per heavy atom. The topological polar surface area (TPSA) is 47.0 Å². The van der Waals surface area contributed by atoms with Gasteiger partial charge in [-0.15, -0.1) is 0 Å². The third-order valence-corrected chi connectivity index (χ3v) is 3.43. The summed E-state index contributed by atoms with van der Waals surface area (Å²) in [5, 5.41) is 3.31. The van der Waals surface area contributed by atoms with Crippen molar-refractivity contribution < 1.29 is 4.74 Å². The Hall–Kier alpha value is -1.32. The number of nitrogens with one attached hydrogen (secondary N) is 1. The molecule has 0 bridgehead atoms. The maximum atomic E-state index is 5.42. The van der Waals surface area contributed by atoms with Crippen molar-refractivity contribution in [2.75, 3.05) is 18.5 Å². The highest BCUT2D eigenvalue weighted by Gasteiger charge is 2.14. The van der Waals surface area contributed by atoms with Crippen molar-refractivity contribution in [2.24, 2.45) is 5.92 Å². The molecule has 1 aromatic heterocycles. The minimum absolute atomic E-state index is 0.637. The minimum Gasteiger partial charge on any atom is -0.478 e. The highest BCUT2D eigenvalue weighted by atomic mass is 16.5. The highest BCUT2D eigenvalue weighted by molar-refractivity contribution is 5.30. The molecule has 18 heavy (non-hydrogen) atoms. The Morgan fingerprint density at radius 1 is 1.33 bits per heavy atom. The molecule has 2 rings (SSSR count). The van der Waals surface area contributed by atoms with Crippen LogP contribution in [0.3, 0.4) is 0 Å². The first-order valence-corrected chi connectivity index (χ1v) is 7.00. The van der Waals surface area contributed by atoms with Gasteiger partial charge in [-0.1, -0.05) is 25.7 Å². The van der Waals surface area contributed by atoms with E-state index in [1.165, 1.54) is 32.1 Å². The van der Waals surface area contributed by atoms with Crippen LogP contribution in [-0.4, -0.2) is 23.1 Å². The number of aromatic nitrogens is 2. The third kappa shape index (κ3) is 3.86. The molecular formula is C14H23N3O. The van der Waals surface area contributed by atoms with Gasteiger partial charge in [-0.2, -0.15) is 4.98 Å². The number of anilines is 1. The van der Waals surface area contributed by atoms with Gasteiger partial charge in [-0.3, -0.25) is 0 Å². The van der Waals surface area contributed by atoms with Crippen LogP contribution in [0.15, 0.2) is 6.07 Å². The Kier molecular flexibility index (Phi) is 4.79. The van der Waals surface area contributed by atoms with Crippen LogP contribution in [-0.2, 0) is 0 Å². The Balaban J connectivity index is 1.83. The zero-order valence-electron chi connectivity index (χ0n) is 11.4. The van der Waals surface area contributed by atoms with E-state index in [1.54, 1.807) is 0 Å². The van der Waals surface area contributed by atoms with E-state index in [4.69, 9.17) is 4.74 Å². The van der Waals surface area contributed by atoms with E-state index >= 15 is 0 Å². The molecule has 0 unspecified atom stereocenters. The van der Waals surface area contributed by atoms with E-state index in [2.05, 4.69) is 15.3 Å². The lowest BCUT2D eigenvalue weighted by Crippen LogP contribution is -2.10. The number of nitrogens with zero attached hydrogens (tertiary/aromatic N) is 2. The molecule has 1 aliphatic carbocycles. The molecule has 0 atom stereocenters. The first-order valence-electron chi connectivity index (χ1n) is 7.00. The van der Waals surface area contributed by atoms with Crippen LogP contribution < -0.4 is 10.1 Å². The monoisotopic (exact) mass is 249 g/mol. The molecule has 0 aliphatic heterocycles. The molecule has 0 aromatic carbocycles. The van der Waals surface area contributed by atoms with Crippen LogP contribution in [0.2, 0.25) is 0 Å². The van der Waals surface area contributed by atoms with E-state index < -0.39 is 0 Å². The van der Waals surface area contributed by atoms with Gasteiger partial charge >= 0.3 is 0 Å².